The van der Waals surface area contributed by atoms with E-state index in [1.54, 1.807) is 18.2 Å². The normalized spacial score (nSPS) is 9.54. The van der Waals surface area contributed by atoms with Gasteiger partial charge in [-0.05, 0) is 60.4 Å². The minimum absolute atomic E-state index is 0.0965. The molecular formula is C24H13ClF4N6. The highest BCUT2D eigenvalue weighted by atomic mass is 35.5. The van der Waals surface area contributed by atoms with Crippen LogP contribution >= 0.6 is 11.6 Å². The van der Waals surface area contributed by atoms with Gasteiger partial charge in [0.1, 0.15) is 34.7 Å². The standard InChI is InChI=1S/C12H5ClF2N2.C12H8F2N4/c13-12-6-5-10(16-17-12)4-2-8-1-3-9(14)7-11(8)15;13-9-3-1-8(11(14)7-9)2-4-10-5-6-12(16-15)18-17-10/h1,3,5-7H;1,3,5-7H,15H2,(H,16,18). The Balaban J connectivity index is 0.000000196. The van der Waals surface area contributed by atoms with Crippen molar-refractivity contribution in [1.82, 2.24) is 20.4 Å². The van der Waals surface area contributed by atoms with E-state index in [4.69, 9.17) is 17.4 Å². The second-order valence-electron chi connectivity index (χ2n) is 6.44. The molecule has 6 nitrogen and oxygen atoms in total. The van der Waals surface area contributed by atoms with Crippen LogP contribution in [0.15, 0.2) is 60.7 Å². The lowest BCUT2D eigenvalue weighted by Crippen LogP contribution is -2.09. The van der Waals surface area contributed by atoms with Gasteiger partial charge in [-0.15, -0.1) is 20.4 Å². The fourth-order valence-electron chi connectivity index (χ4n) is 2.30. The van der Waals surface area contributed by atoms with Gasteiger partial charge in [0.05, 0.1) is 11.1 Å². The van der Waals surface area contributed by atoms with Crippen LogP contribution in [-0.2, 0) is 0 Å². The van der Waals surface area contributed by atoms with E-state index in [0.717, 1.165) is 24.3 Å². The molecule has 0 atom stereocenters. The molecule has 0 aliphatic carbocycles. The first kappa shape index (κ1) is 25.1. The largest absolute Gasteiger partial charge is 0.307 e. The van der Waals surface area contributed by atoms with E-state index in [1.807, 2.05) is 0 Å². The Bertz CT molecular complexity index is 1440. The molecule has 0 unspecified atom stereocenters. The van der Waals surface area contributed by atoms with Crippen molar-refractivity contribution in [2.45, 2.75) is 0 Å². The van der Waals surface area contributed by atoms with Gasteiger partial charge in [0, 0.05) is 12.1 Å². The number of rotatable bonds is 1. The maximum absolute atomic E-state index is 13.3. The third-order valence-corrected chi connectivity index (χ3v) is 4.16. The maximum atomic E-state index is 13.3. The second-order valence-corrected chi connectivity index (χ2v) is 6.83. The Morgan fingerprint density at radius 1 is 0.629 bits per heavy atom. The van der Waals surface area contributed by atoms with Crippen molar-refractivity contribution in [3.05, 3.63) is 112 Å². The van der Waals surface area contributed by atoms with Crippen molar-refractivity contribution in [2.75, 3.05) is 5.43 Å². The summed E-state index contributed by atoms with van der Waals surface area (Å²) in [4.78, 5) is 0. The second kappa shape index (κ2) is 12.1. The number of aromatic nitrogens is 4. The molecule has 0 bridgehead atoms. The third kappa shape index (κ3) is 7.79. The van der Waals surface area contributed by atoms with Gasteiger partial charge in [0.25, 0.3) is 0 Å². The molecule has 0 radical (unpaired) electrons. The highest BCUT2D eigenvalue weighted by molar-refractivity contribution is 6.29. The molecule has 2 aromatic carbocycles. The first-order chi connectivity index (χ1) is 16.8. The lowest BCUT2D eigenvalue weighted by atomic mass is 10.2. The number of nitrogens with one attached hydrogen (secondary N) is 1. The molecule has 35 heavy (non-hydrogen) atoms. The average molecular weight is 497 g/mol. The van der Waals surface area contributed by atoms with Gasteiger partial charge in [-0.3, -0.25) is 0 Å². The molecule has 0 amide bonds. The van der Waals surface area contributed by atoms with Crippen LogP contribution in [0.1, 0.15) is 22.5 Å². The van der Waals surface area contributed by atoms with Crippen molar-refractivity contribution in [2.24, 2.45) is 5.84 Å². The zero-order chi connectivity index (χ0) is 25.2. The maximum Gasteiger partial charge on any atom is 0.162 e. The van der Waals surface area contributed by atoms with Crippen LogP contribution in [-0.4, -0.2) is 20.4 Å². The highest BCUT2D eigenvalue weighted by Crippen LogP contribution is 2.09. The number of hydrazine groups is 1. The van der Waals surface area contributed by atoms with E-state index >= 15 is 0 Å². The Kier molecular flexibility index (Phi) is 8.68. The molecule has 0 spiro atoms. The number of benzene rings is 2. The van der Waals surface area contributed by atoms with Gasteiger partial charge in [0.15, 0.2) is 11.0 Å². The van der Waals surface area contributed by atoms with Crippen LogP contribution in [0.5, 0.6) is 0 Å². The molecule has 4 aromatic rings. The summed E-state index contributed by atoms with van der Waals surface area (Å²) in [5, 5.41) is 15.0. The van der Waals surface area contributed by atoms with Gasteiger partial charge < -0.3 is 5.43 Å². The number of nitrogen functional groups attached to an aromatic ring is 1. The van der Waals surface area contributed by atoms with Gasteiger partial charge >= 0.3 is 0 Å². The zero-order valence-electron chi connectivity index (χ0n) is 17.5. The summed E-state index contributed by atoms with van der Waals surface area (Å²) in [6.45, 7) is 0. The lowest BCUT2D eigenvalue weighted by molar-refractivity contribution is 0.580. The Hall–Kier alpha value is -4.51. The van der Waals surface area contributed by atoms with Crippen molar-refractivity contribution in [3.8, 4) is 23.7 Å². The molecule has 0 fully saturated rings. The minimum Gasteiger partial charge on any atom is -0.307 e. The number of hydrogen-bond donors (Lipinski definition) is 2. The van der Waals surface area contributed by atoms with Crippen molar-refractivity contribution in [1.29, 1.82) is 0 Å². The summed E-state index contributed by atoms with van der Waals surface area (Å²) in [6.07, 6.45) is 0. The van der Waals surface area contributed by atoms with Crippen LogP contribution in [0.3, 0.4) is 0 Å². The van der Waals surface area contributed by atoms with Crippen molar-refractivity contribution in [3.63, 3.8) is 0 Å². The molecule has 4 rings (SSSR count). The van der Waals surface area contributed by atoms with Crippen LogP contribution < -0.4 is 11.3 Å². The van der Waals surface area contributed by atoms with Gasteiger partial charge in [-0.2, -0.15) is 0 Å². The molecular weight excluding hydrogens is 484 g/mol. The summed E-state index contributed by atoms with van der Waals surface area (Å²) < 4.78 is 51.8. The molecule has 174 valence electrons. The number of nitrogens with two attached hydrogens (primary N) is 1. The molecule has 2 aromatic heterocycles. The number of hydrogen-bond acceptors (Lipinski definition) is 6. The fourth-order valence-corrected chi connectivity index (χ4v) is 2.40. The smallest absolute Gasteiger partial charge is 0.162 e. The van der Waals surface area contributed by atoms with E-state index in [1.165, 1.54) is 18.2 Å². The van der Waals surface area contributed by atoms with Crippen LogP contribution in [0.2, 0.25) is 5.15 Å². The first-order valence-corrected chi connectivity index (χ1v) is 9.95. The average Bonchev–Trinajstić information content (AvgIpc) is 2.85. The fraction of sp³-hybridized carbons (Fsp3) is 0. The van der Waals surface area contributed by atoms with Crippen molar-refractivity contribution >= 4 is 17.4 Å². The number of anilines is 1. The van der Waals surface area contributed by atoms with Crippen molar-refractivity contribution < 1.29 is 17.6 Å². The Morgan fingerprint density at radius 2 is 1.14 bits per heavy atom. The molecule has 0 aliphatic rings. The summed E-state index contributed by atoms with van der Waals surface area (Å²) in [5.74, 6) is 13.1. The summed E-state index contributed by atoms with van der Waals surface area (Å²) >= 11 is 5.55. The highest BCUT2D eigenvalue weighted by Gasteiger charge is 2.01. The quantitative estimate of drug-likeness (QED) is 0.177. The summed E-state index contributed by atoms with van der Waals surface area (Å²) in [6, 6.07) is 12.6. The summed E-state index contributed by atoms with van der Waals surface area (Å²) in [5.41, 5.74) is 3.23. The molecule has 0 saturated heterocycles. The zero-order valence-corrected chi connectivity index (χ0v) is 18.3. The van der Waals surface area contributed by atoms with E-state index < -0.39 is 23.3 Å². The molecule has 0 saturated carbocycles. The van der Waals surface area contributed by atoms with E-state index in [0.29, 0.717) is 17.2 Å². The van der Waals surface area contributed by atoms with Crippen LogP contribution in [0, 0.1) is 47.0 Å². The molecule has 2 heterocycles. The van der Waals surface area contributed by atoms with E-state index in [-0.39, 0.29) is 16.3 Å². The summed E-state index contributed by atoms with van der Waals surface area (Å²) in [7, 11) is 0. The lowest BCUT2D eigenvalue weighted by Gasteiger charge is -1.95. The van der Waals surface area contributed by atoms with Gasteiger partial charge in [-0.25, -0.2) is 23.4 Å². The monoisotopic (exact) mass is 496 g/mol. The van der Waals surface area contributed by atoms with Gasteiger partial charge in [0.2, 0.25) is 0 Å². The Labute approximate surface area is 202 Å². The van der Waals surface area contributed by atoms with Crippen LogP contribution in [0.25, 0.3) is 0 Å². The topological polar surface area (TPSA) is 89.6 Å². The predicted octanol–water partition coefficient (Wildman–Crippen LogP) is 4.25. The molecule has 11 heteroatoms. The molecule has 0 aliphatic heterocycles. The van der Waals surface area contributed by atoms with Crippen LogP contribution in [0.4, 0.5) is 23.4 Å². The predicted molar refractivity (Wildman–Crippen MR) is 122 cm³/mol. The van der Waals surface area contributed by atoms with E-state index in [9.17, 15) is 17.6 Å². The number of nitrogens with zero attached hydrogens (tertiary/aromatic N) is 4. The number of halogens is 5. The SMILES string of the molecule is Fc1ccc(C#Cc2ccc(Cl)nn2)c(F)c1.NNc1ccc(C#Cc2ccc(F)cc2F)nn1. The third-order valence-electron chi connectivity index (χ3n) is 3.96. The van der Waals surface area contributed by atoms with Gasteiger partial charge in [-0.1, -0.05) is 23.4 Å². The van der Waals surface area contributed by atoms with E-state index in [2.05, 4.69) is 49.5 Å². The molecule has 3 N–H and O–H groups in total. The Morgan fingerprint density at radius 3 is 1.54 bits per heavy atom. The minimum atomic E-state index is -0.712. The first-order valence-electron chi connectivity index (χ1n) is 9.58.